The van der Waals surface area contributed by atoms with Gasteiger partial charge in [-0.15, -0.1) is 34.4 Å². The van der Waals surface area contributed by atoms with Crippen molar-refractivity contribution in [2.45, 2.75) is 26.1 Å². The molecule has 1 atom stereocenters. The number of benzene rings is 1. The summed E-state index contributed by atoms with van der Waals surface area (Å²) in [5, 5.41) is 5.65. The van der Waals surface area contributed by atoms with Crippen molar-refractivity contribution in [1.29, 1.82) is 0 Å². The number of imidazole rings is 1. The number of carbonyl (C=O) groups is 2. The molecule has 3 aromatic heterocycles. The highest BCUT2D eigenvalue weighted by molar-refractivity contribution is 8.00. The normalized spacial score (nSPS) is 16.0. The molecule has 2 amide bonds. The van der Waals surface area contributed by atoms with Gasteiger partial charge in [0.05, 0.1) is 21.0 Å². The van der Waals surface area contributed by atoms with Crippen LogP contribution in [0.25, 0.3) is 15.4 Å². The standard InChI is InChI=1S/C23H23N5O2S3/c1-13-5-4-6-16(11-13)20-18(26-15(3)33-20)22(30)27-7-9-31-17(27)12-24-21(29)19-14(2)25-23-28(19)8-10-32-23/h4-6,8,10-11,17H,7,9,12H2,1-3H3,(H,24,29). The lowest BCUT2D eigenvalue weighted by molar-refractivity contribution is 0.0746. The minimum atomic E-state index is -0.178. The van der Waals surface area contributed by atoms with Gasteiger partial charge in [0.15, 0.2) is 4.96 Å². The van der Waals surface area contributed by atoms with E-state index in [-0.39, 0.29) is 17.2 Å². The maximum Gasteiger partial charge on any atom is 0.274 e. The number of aryl methyl sites for hydroxylation is 3. The molecule has 10 heteroatoms. The van der Waals surface area contributed by atoms with Crippen molar-refractivity contribution in [3.8, 4) is 10.4 Å². The van der Waals surface area contributed by atoms with Crippen LogP contribution >= 0.6 is 34.4 Å². The Kier molecular flexibility index (Phi) is 5.98. The molecule has 7 nitrogen and oxygen atoms in total. The number of fused-ring (bicyclic) bond motifs is 1. The highest BCUT2D eigenvalue weighted by Gasteiger charge is 2.33. The van der Waals surface area contributed by atoms with Gasteiger partial charge in [-0.2, -0.15) is 0 Å². The maximum atomic E-state index is 13.5. The molecule has 1 aliphatic rings. The number of nitrogens with zero attached hydrogens (tertiary/aromatic N) is 4. The molecule has 5 rings (SSSR count). The van der Waals surface area contributed by atoms with Crippen LogP contribution in [0, 0.1) is 20.8 Å². The number of thiazole rings is 2. The predicted molar refractivity (Wildman–Crippen MR) is 134 cm³/mol. The third kappa shape index (κ3) is 4.18. The van der Waals surface area contributed by atoms with Gasteiger partial charge in [-0.1, -0.05) is 29.8 Å². The molecular formula is C23H23N5O2S3. The van der Waals surface area contributed by atoms with Crippen LogP contribution < -0.4 is 5.32 Å². The van der Waals surface area contributed by atoms with Gasteiger partial charge in [-0.05, 0) is 26.3 Å². The highest BCUT2D eigenvalue weighted by atomic mass is 32.2. The Bertz CT molecular complexity index is 1360. The van der Waals surface area contributed by atoms with Crippen LogP contribution in [-0.4, -0.2) is 55.3 Å². The molecule has 1 saturated heterocycles. The van der Waals surface area contributed by atoms with E-state index in [2.05, 4.69) is 21.4 Å². The van der Waals surface area contributed by atoms with Crippen LogP contribution in [-0.2, 0) is 0 Å². The number of carbonyl (C=O) groups excluding carboxylic acids is 2. The first-order valence-electron chi connectivity index (χ1n) is 10.6. The Morgan fingerprint density at radius 1 is 1.21 bits per heavy atom. The minimum absolute atomic E-state index is 0.0825. The van der Waals surface area contributed by atoms with Crippen molar-refractivity contribution in [1.82, 2.24) is 24.6 Å². The number of hydrogen-bond donors (Lipinski definition) is 1. The van der Waals surface area contributed by atoms with E-state index in [1.54, 1.807) is 23.1 Å². The fraction of sp³-hybridized carbons (Fsp3) is 0.304. The van der Waals surface area contributed by atoms with Crippen LogP contribution in [0.2, 0.25) is 0 Å². The number of hydrogen-bond acceptors (Lipinski definition) is 7. The van der Waals surface area contributed by atoms with Crippen LogP contribution in [0.4, 0.5) is 0 Å². The van der Waals surface area contributed by atoms with Crippen molar-refractivity contribution in [2.75, 3.05) is 18.8 Å². The lowest BCUT2D eigenvalue weighted by Crippen LogP contribution is -2.42. The van der Waals surface area contributed by atoms with Gasteiger partial charge in [0.25, 0.3) is 11.8 Å². The summed E-state index contributed by atoms with van der Waals surface area (Å²) in [5.74, 6) is 0.569. The molecule has 1 fully saturated rings. The summed E-state index contributed by atoms with van der Waals surface area (Å²) in [4.78, 5) is 39.0. The predicted octanol–water partition coefficient (Wildman–Crippen LogP) is 4.39. The molecule has 4 heterocycles. The maximum absolute atomic E-state index is 13.5. The minimum Gasteiger partial charge on any atom is -0.348 e. The smallest absolute Gasteiger partial charge is 0.274 e. The van der Waals surface area contributed by atoms with E-state index in [0.29, 0.717) is 30.2 Å². The molecule has 1 aliphatic heterocycles. The van der Waals surface area contributed by atoms with Crippen LogP contribution in [0.15, 0.2) is 35.8 Å². The second-order valence-electron chi connectivity index (χ2n) is 7.92. The van der Waals surface area contributed by atoms with Gasteiger partial charge in [-0.25, -0.2) is 9.97 Å². The molecule has 1 aromatic carbocycles. The van der Waals surface area contributed by atoms with Gasteiger partial charge in [0.2, 0.25) is 0 Å². The molecule has 0 aliphatic carbocycles. The van der Waals surface area contributed by atoms with Crippen molar-refractivity contribution in [3.63, 3.8) is 0 Å². The highest BCUT2D eigenvalue weighted by Crippen LogP contribution is 2.34. The molecule has 1 N–H and O–H groups in total. The summed E-state index contributed by atoms with van der Waals surface area (Å²) in [7, 11) is 0. The lowest BCUT2D eigenvalue weighted by Gasteiger charge is -2.23. The van der Waals surface area contributed by atoms with Crippen LogP contribution in [0.5, 0.6) is 0 Å². The number of thioether (sulfide) groups is 1. The van der Waals surface area contributed by atoms with Gasteiger partial charge in [0, 0.05) is 30.4 Å². The number of nitrogens with one attached hydrogen (secondary N) is 1. The first-order valence-corrected chi connectivity index (χ1v) is 13.3. The summed E-state index contributed by atoms with van der Waals surface area (Å²) >= 11 is 4.72. The second kappa shape index (κ2) is 8.92. The molecule has 170 valence electrons. The molecule has 0 bridgehead atoms. The van der Waals surface area contributed by atoms with Crippen LogP contribution in [0.3, 0.4) is 0 Å². The molecule has 33 heavy (non-hydrogen) atoms. The number of rotatable bonds is 5. The van der Waals surface area contributed by atoms with Gasteiger partial charge < -0.3 is 10.2 Å². The fourth-order valence-electron chi connectivity index (χ4n) is 4.04. The van der Waals surface area contributed by atoms with Crippen molar-refractivity contribution < 1.29 is 9.59 Å². The zero-order chi connectivity index (χ0) is 23.1. The molecule has 4 aromatic rings. The first kappa shape index (κ1) is 22.1. The van der Waals surface area contributed by atoms with Crippen molar-refractivity contribution >= 4 is 51.2 Å². The number of amides is 2. The largest absolute Gasteiger partial charge is 0.348 e. The summed E-state index contributed by atoms with van der Waals surface area (Å²) in [5.41, 5.74) is 3.89. The second-order valence-corrected chi connectivity index (χ2v) is 11.3. The van der Waals surface area contributed by atoms with E-state index in [0.717, 1.165) is 31.7 Å². The molecule has 0 saturated carbocycles. The quantitative estimate of drug-likeness (QED) is 0.442. The summed E-state index contributed by atoms with van der Waals surface area (Å²) in [6, 6.07) is 8.15. The van der Waals surface area contributed by atoms with Gasteiger partial charge in [0.1, 0.15) is 11.4 Å². The Balaban J connectivity index is 1.34. The monoisotopic (exact) mass is 497 g/mol. The Hall–Kier alpha value is -2.69. The number of aromatic nitrogens is 3. The van der Waals surface area contributed by atoms with Gasteiger partial charge in [-0.3, -0.25) is 14.0 Å². The zero-order valence-electron chi connectivity index (χ0n) is 18.5. The fourth-order valence-corrected chi connectivity index (χ4v) is 6.87. The first-order chi connectivity index (χ1) is 15.9. The van der Waals surface area contributed by atoms with Crippen molar-refractivity contribution in [3.05, 3.63) is 63.5 Å². The van der Waals surface area contributed by atoms with Crippen LogP contribution in [0.1, 0.15) is 37.2 Å². The zero-order valence-corrected chi connectivity index (χ0v) is 20.9. The SMILES string of the molecule is Cc1cccc(-c2sc(C)nc2C(=O)N2CCSC2CNC(=O)c2c(C)nc3sccn23)c1. The average Bonchev–Trinajstić information content (AvgIpc) is 3.55. The average molecular weight is 498 g/mol. The Morgan fingerprint density at radius 2 is 2.06 bits per heavy atom. The summed E-state index contributed by atoms with van der Waals surface area (Å²) in [6.07, 6.45) is 1.85. The van der Waals surface area contributed by atoms with E-state index in [4.69, 9.17) is 0 Å². The third-order valence-corrected chi connectivity index (χ3v) is 8.56. The topological polar surface area (TPSA) is 79.6 Å². The molecular weight excluding hydrogens is 474 g/mol. The Morgan fingerprint density at radius 3 is 2.88 bits per heavy atom. The van der Waals surface area contributed by atoms with Crippen molar-refractivity contribution in [2.24, 2.45) is 0 Å². The Labute approximate surface area is 203 Å². The molecule has 0 radical (unpaired) electrons. The third-order valence-electron chi connectivity index (χ3n) is 5.56. The van der Waals surface area contributed by atoms with E-state index in [9.17, 15) is 9.59 Å². The van der Waals surface area contributed by atoms with E-state index in [1.807, 2.05) is 59.8 Å². The van der Waals surface area contributed by atoms with E-state index < -0.39 is 0 Å². The van der Waals surface area contributed by atoms with E-state index in [1.165, 1.54) is 11.3 Å². The molecule has 0 spiro atoms. The van der Waals surface area contributed by atoms with Gasteiger partial charge >= 0.3 is 0 Å². The molecule has 1 unspecified atom stereocenters. The summed E-state index contributed by atoms with van der Waals surface area (Å²) < 4.78 is 1.81. The summed E-state index contributed by atoms with van der Waals surface area (Å²) in [6.45, 7) is 6.81. The lowest BCUT2D eigenvalue weighted by atomic mass is 10.1. The van der Waals surface area contributed by atoms with E-state index >= 15 is 0 Å².